The van der Waals surface area contributed by atoms with Crippen molar-refractivity contribution >= 4 is 23.4 Å². The molecule has 1 unspecified atom stereocenters. The molecule has 1 aromatic carbocycles. The first kappa shape index (κ1) is 16.1. The van der Waals surface area contributed by atoms with Crippen molar-refractivity contribution in [3.05, 3.63) is 24.3 Å². The van der Waals surface area contributed by atoms with E-state index >= 15 is 0 Å². The second kappa shape index (κ2) is 8.23. The molecule has 3 nitrogen and oxygen atoms in total. The highest BCUT2D eigenvalue weighted by Crippen LogP contribution is 2.19. The number of amides is 1. The lowest BCUT2D eigenvalue weighted by Gasteiger charge is -2.23. The number of hydrogen-bond acceptors (Lipinski definition) is 3. The highest BCUT2D eigenvalue weighted by atomic mass is 32.2. The van der Waals surface area contributed by atoms with Gasteiger partial charge in [0.25, 0.3) is 0 Å². The van der Waals surface area contributed by atoms with Gasteiger partial charge in [0, 0.05) is 10.6 Å². The van der Waals surface area contributed by atoms with Crippen molar-refractivity contribution in [1.29, 1.82) is 0 Å². The highest BCUT2D eigenvalue weighted by Gasteiger charge is 2.17. The minimum atomic E-state index is -0.107. The molecular formula is C15H24N2OS. The van der Waals surface area contributed by atoms with Crippen LogP contribution in [0.25, 0.3) is 0 Å². The zero-order valence-corrected chi connectivity index (χ0v) is 13.1. The van der Waals surface area contributed by atoms with Crippen LogP contribution in [-0.4, -0.2) is 36.7 Å². The molecule has 1 atom stereocenters. The number of carbonyl (C=O) groups is 1. The van der Waals surface area contributed by atoms with Gasteiger partial charge in [0.05, 0.1) is 6.04 Å². The Labute approximate surface area is 120 Å². The van der Waals surface area contributed by atoms with Crippen LogP contribution in [0.15, 0.2) is 29.2 Å². The lowest BCUT2D eigenvalue weighted by atomic mass is 10.2. The van der Waals surface area contributed by atoms with Crippen molar-refractivity contribution < 1.29 is 4.79 Å². The van der Waals surface area contributed by atoms with Gasteiger partial charge in [0.1, 0.15) is 0 Å². The van der Waals surface area contributed by atoms with E-state index in [0.717, 1.165) is 30.0 Å². The van der Waals surface area contributed by atoms with Gasteiger partial charge in [-0.1, -0.05) is 19.4 Å². The van der Waals surface area contributed by atoms with Crippen LogP contribution in [-0.2, 0) is 4.79 Å². The summed E-state index contributed by atoms with van der Waals surface area (Å²) < 4.78 is 0. The fraction of sp³-hybridized carbons (Fsp3) is 0.533. The summed E-state index contributed by atoms with van der Waals surface area (Å²) in [5, 5.41) is 2.98. The molecule has 1 aromatic rings. The standard InChI is InChI=1S/C15H24N2OS/c1-5-6-10-17(3)12(2)15(18)16-13-8-7-9-14(11-13)19-4/h7-9,11-12H,5-6,10H2,1-4H3,(H,16,18). The van der Waals surface area contributed by atoms with Crippen LogP contribution in [0.3, 0.4) is 0 Å². The summed E-state index contributed by atoms with van der Waals surface area (Å²) in [6.45, 7) is 5.06. The highest BCUT2D eigenvalue weighted by molar-refractivity contribution is 7.98. The van der Waals surface area contributed by atoms with Crippen molar-refractivity contribution in [1.82, 2.24) is 4.90 Å². The molecule has 0 aliphatic carbocycles. The minimum Gasteiger partial charge on any atom is -0.325 e. The number of nitrogens with zero attached hydrogens (tertiary/aromatic N) is 1. The van der Waals surface area contributed by atoms with Crippen LogP contribution < -0.4 is 5.32 Å². The number of rotatable bonds is 7. The Morgan fingerprint density at radius 3 is 2.84 bits per heavy atom. The number of benzene rings is 1. The lowest BCUT2D eigenvalue weighted by molar-refractivity contribution is -0.120. The van der Waals surface area contributed by atoms with Crippen LogP contribution in [0.2, 0.25) is 0 Å². The molecule has 1 N–H and O–H groups in total. The summed E-state index contributed by atoms with van der Waals surface area (Å²) in [6.07, 6.45) is 4.30. The zero-order chi connectivity index (χ0) is 14.3. The maximum absolute atomic E-state index is 12.2. The molecule has 0 heterocycles. The van der Waals surface area contributed by atoms with Crippen LogP contribution in [0.4, 0.5) is 5.69 Å². The van der Waals surface area contributed by atoms with Crippen molar-refractivity contribution in [3.63, 3.8) is 0 Å². The summed E-state index contributed by atoms with van der Waals surface area (Å²) in [7, 11) is 2.00. The Balaban J connectivity index is 2.57. The molecule has 0 spiro atoms. The maximum Gasteiger partial charge on any atom is 0.241 e. The van der Waals surface area contributed by atoms with E-state index in [1.165, 1.54) is 0 Å². The predicted octanol–water partition coefficient (Wildman–Crippen LogP) is 3.47. The fourth-order valence-electron chi connectivity index (χ4n) is 1.75. The Morgan fingerprint density at radius 1 is 1.47 bits per heavy atom. The molecule has 0 bridgehead atoms. The van der Waals surface area contributed by atoms with Crippen LogP contribution in [0.1, 0.15) is 26.7 Å². The zero-order valence-electron chi connectivity index (χ0n) is 12.3. The second-order valence-electron chi connectivity index (χ2n) is 4.73. The van der Waals surface area contributed by atoms with Crippen molar-refractivity contribution in [2.45, 2.75) is 37.6 Å². The third-order valence-electron chi connectivity index (χ3n) is 3.24. The molecule has 0 aromatic heterocycles. The normalized spacial score (nSPS) is 12.5. The average Bonchev–Trinajstić information content (AvgIpc) is 2.43. The van der Waals surface area contributed by atoms with Gasteiger partial charge in [0.15, 0.2) is 0 Å². The van der Waals surface area contributed by atoms with Crippen molar-refractivity contribution in [3.8, 4) is 0 Å². The Hall–Kier alpha value is -1.00. The molecule has 0 aliphatic heterocycles. The van der Waals surface area contributed by atoms with E-state index in [9.17, 15) is 4.79 Å². The number of carbonyl (C=O) groups excluding carboxylic acids is 1. The Morgan fingerprint density at radius 2 is 2.21 bits per heavy atom. The fourth-order valence-corrected chi connectivity index (χ4v) is 2.21. The molecule has 1 rings (SSSR count). The molecule has 4 heteroatoms. The lowest BCUT2D eigenvalue weighted by Crippen LogP contribution is -2.40. The first-order chi connectivity index (χ1) is 9.08. The first-order valence-corrected chi connectivity index (χ1v) is 7.96. The quantitative estimate of drug-likeness (QED) is 0.776. The minimum absolute atomic E-state index is 0.0526. The van der Waals surface area contributed by atoms with E-state index in [-0.39, 0.29) is 11.9 Å². The van der Waals surface area contributed by atoms with Crippen molar-refractivity contribution in [2.24, 2.45) is 0 Å². The molecule has 0 saturated heterocycles. The third-order valence-corrected chi connectivity index (χ3v) is 3.97. The van der Waals surface area contributed by atoms with Gasteiger partial charge >= 0.3 is 0 Å². The van der Waals surface area contributed by atoms with Gasteiger partial charge in [-0.05, 0) is 51.4 Å². The van der Waals surface area contributed by atoms with Crippen LogP contribution in [0, 0.1) is 0 Å². The van der Waals surface area contributed by atoms with Gasteiger partial charge in [0.2, 0.25) is 5.91 Å². The monoisotopic (exact) mass is 280 g/mol. The van der Waals surface area contributed by atoms with E-state index in [4.69, 9.17) is 0 Å². The number of likely N-dealkylation sites (N-methyl/N-ethyl adjacent to an activating group) is 1. The Kier molecular flexibility index (Phi) is 6.95. The smallest absolute Gasteiger partial charge is 0.241 e. The molecule has 0 saturated carbocycles. The molecular weight excluding hydrogens is 256 g/mol. The number of unbranched alkanes of at least 4 members (excludes halogenated alkanes) is 1. The van der Waals surface area contributed by atoms with Gasteiger partial charge in [-0.25, -0.2) is 0 Å². The van der Waals surface area contributed by atoms with Gasteiger partial charge in [-0.2, -0.15) is 0 Å². The largest absolute Gasteiger partial charge is 0.325 e. The van der Waals surface area contributed by atoms with Gasteiger partial charge in [-0.15, -0.1) is 11.8 Å². The topological polar surface area (TPSA) is 32.3 Å². The molecule has 1 amide bonds. The Bertz CT molecular complexity index is 409. The number of hydrogen-bond donors (Lipinski definition) is 1. The van der Waals surface area contributed by atoms with E-state index in [0.29, 0.717) is 0 Å². The average molecular weight is 280 g/mol. The van der Waals surface area contributed by atoms with Crippen LogP contribution >= 0.6 is 11.8 Å². The van der Waals surface area contributed by atoms with Gasteiger partial charge < -0.3 is 5.32 Å². The predicted molar refractivity (Wildman–Crippen MR) is 83.9 cm³/mol. The summed E-state index contributed by atoms with van der Waals surface area (Å²) in [5.41, 5.74) is 0.868. The molecule has 0 radical (unpaired) electrons. The van der Waals surface area contributed by atoms with Gasteiger partial charge in [-0.3, -0.25) is 9.69 Å². The number of thioether (sulfide) groups is 1. The summed E-state index contributed by atoms with van der Waals surface area (Å²) in [6, 6.07) is 7.83. The van der Waals surface area contributed by atoms with Crippen molar-refractivity contribution in [2.75, 3.05) is 25.2 Å². The maximum atomic E-state index is 12.2. The summed E-state index contributed by atoms with van der Waals surface area (Å²) in [4.78, 5) is 15.4. The van der Waals surface area contributed by atoms with E-state index in [2.05, 4.69) is 17.1 Å². The second-order valence-corrected chi connectivity index (χ2v) is 5.61. The SMILES string of the molecule is CCCCN(C)C(C)C(=O)Nc1cccc(SC)c1. The molecule has 19 heavy (non-hydrogen) atoms. The first-order valence-electron chi connectivity index (χ1n) is 6.73. The van der Waals surface area contributed by atoms with E-state index < -0.39 is 0 Å². The molecule has 0 aliphatic rings. The van der Waals surface area contributed by atoms with Crippen LogP contribution in [0.5, 0.6) is 0 Å². The molecule has 0 fully saturated rings. The summed E-state index contributed by atoms with van der Waals surface area (Å²) >= 11 is 1.67. The third kappa shape index (κ3) is 5.25. The van der Waals surface area contributed by atoms with E-state index in [1.807, 2.05) is 44.5 Å². The van der Waals surface area contributed by atoms with E-state index in [1.54, 1.807) is 11.8 Å². The number of anilines is 1. The number of nitrogens with one attached hydrogen (secondary N) is 1. The molecule has 106 valence electrons. The summed E-state index contributed by atoms with van der Waals surface area (Å²) in [5.74, 6) is 0.0526.